The van der Waals surface area contributed by atoms with Crippen LogP contribution in [0.15, 0.2) is 42.7 Å². The Hall–Kier alpha value is -3.96. The van der Waals surface area contributed by atoms with Gasteiger partial charge in [-0.25, -0.2) is 14.1 Å². The molecule has 0 spiro atoms. The molecule has 0 radical (unpaired) electrons. The fourth-order valence-electron chi connectivity index (χ4n) is 5.82. The molecule has 4 aromatic rings. The van der Waals surface area contributed by atoms with E-state index in [9.17, 15) is 9.59 Å². The lowest BCUT2D eigenvalue weighted by Crippen LogP contribution is -2.39. The number of hydrogen-bond acceptors (Lipinski definition) is 7. The standard InChI is InChI=1S/C30H32FN7O2S/c1-18(39)33-30-35-24-12-11-22-27(19-7-6-14-32-16-19)36-38(28(22)29(24)41-30)25-13-10-20(15-23(25)31)34-26(40)17-37(2)21-8-4-3-5-9-21/h6-7,10,13-16,21H,3-5,8-9,11-12,17H2,1-2H3,(H,34,40)(H,33,35,39). The van der Waals surface area contributed by atoms with Crippen molar-refractivity contribution in [3.63, 3.8) is 0 Å². The molecule has 0 atom stereocenters. The van der Waals surface area contributed by atoms with Crippen molar-refractivity contribution in [2.45, 2.75) is 57.9 Å². The predicted molar refractivity (Wildman–Crippen MR) is 158 cm³/mol. The quantitative estimate of drug-likeness (QED) is 0.304. The highest BCUT2D eigenvalue weighted by Gasteiger charge is 2.31. The van der Waals surface area contributed by atoms with Crippen LogP contribution >= 0.6 is 11.3 Å². The zero-order chi connectivity index (χ0) is 28.5. The third kappa shape index (κ3) is 5.64. The predicted octanol–water partition coefficient (Wildman–Crippen LogP) is 5.46. The van der Waals surface area contributed by atoms with Crippen LogP contribution in [0.4, 0.5) is 15.2 Å². The monoisotopic (exact) mass is 573 g/mol. The van der Waals surface area contributed by atoms with E-state index in [1.165, 1.54) is 43.6 Å². The van der Waals surface area contributed by atoms with E-state index in [4.69, 9.17) is 5.10 Å². The van der Waals surface area contributed by atoms with Gasteiger partial charge in [0, 0.05) is 42.2 Å². The summed E-state index contributed by atoms with van der Waals surface area (Å²) >= 11 is 1.35. The Morgan fingerprint density at radius 1 is 1.15 bits per heavy atom. The molecule has 3 aromatic heterocycles. The van der Waals surface area contributed by atoms with Crippen LogP contribution in [-0.4, -0.2) is 56.1 Å². The van der Waals surface area contributed by atoms with Crippen LogP contribution < -0.4 is 10.6 Å². The van der Waals surface area contributed by atoms with Gasteiger partial charge >= 0.3 is 0 Å². The molecule has 41 heavy (non-hydrogen) atoms. The van der Waals surface area contributed by atoms with Crippen LogP contribution in [0.2, 0.25) is 0 Å². The fourth-order valence-corrected chi connectivity index (χ4v) is 6.93. The van der Waals surface area contributed by atoms with Gasteiger partial charge in [0.15, 0.2) is 10.9 Å². The largest absolute Gasteiger partial charge is 0.325 e. The van der Waals surface area contributed by atoms with Crippen LogP contribution in [0, 0.1) is 5.82 Å². The number of carbonyl (C=O) groups is 2. The number of amides is 2. The maximum absolute atomic E-state index is 15.8. The molecular formula is C30H32FN7O2S. The number of aromatic nitrogens is 4. The molecule has 11 heteroatoms. The van der Waals surface area contributed by atoms with Crippen LogP contribution in [0.25, 0.3) is 27.5 Å². The van der Waals surface area contributed by atoms with Crippen LogP contribution in [0.1, 0.15) is 50.3 Å². The Balaban J connectivity index is 1.32. The number of aryl methyl sites for hydroxylation is 1. The Bertz CT molecular complexity index is 1590. The minimum absolute atomic E-state index is 0.166. The van der Waals surface area contributed by atoms with Crippen LogP contribution in [-0.2, 0) is 22.4 Å². The second kappa shape index (κ2) is 11.5. The molecule has 2 aliphatic rings. The molecule has 2 N–H and O–H groups in total. The number of rotatable bonds is 7. The number of carbonyl (C=O) groups excluding carboxylic acids is 2. The molecule has 1 fully saturated rings. The molecule has 6 rings (SSSR count). The van der Waals surface area contributed by atoms with Crippen molar-refractivity contribution in [1.29, 1.82) is 0 Å². The van der Waals surface area contributed by atoms with E-state index in [1.807, 2.05) is 19.2 Å². The van der Waals surface area contributed by atoms with E-state index in [0.29, 0.717) is 29.7 Å². The van der Waals surface area contributed by atoms with Gasteiger partial charge in [-0.2, -0.15) is 5.10 Å². The fraction of sp³-hybridized carbons (Fsp3) is 0.367. The molecule has 0 aliphatic heterocycles. The number of benzene rings is 1. The first-order valence-electron chi connectivity index (χ1n) is 14.0. The van der Waals surface area contributed by atoms with E-state index in [1.54, 1.807) is 29.2 Å². The Kier molecular flexibility index (Phi) is 7.63. The molecule has 2 amide bonds. The minimum Gasteiger partial charge on any atom is -0.325 e. The number of likely N-dealkylation sites (N-methyl/N-ethyl adjacent to an activating group) is 1. The summed E-state index contributed by atoms with van der Waals surface area (Å²) in [6.07, 6.45) is 10.7. The third-order valence-corrected chi connectivity index (χ3v) is 8.80. The number of anilines is 2. The number of nitrogens with zero attached hydrogens (tertiary/aromatic N) is 5. The van der Waals surface area contributed by atoms with Gasteiger partial charge in [-0.3, -0.25) is 19.5 Å². The number of fused-ring (bicyclic) bond motifs is 3. The van der Waals surface area contributed by atoms with Gasteiger partial charge in [-0.1, -0.05) is 30.6 Å². The summed E-state index contributed by atoms with van der Waals surface area (Å²) < 4.78 is 17.4. The second-order valence-electron chi connectivity index (χ2n) is 10.7. The summed E-state index contributed by atoms with van der Waals surface area (Å²) in [6, 6.07) is 8.88. The lowest BCUT2D eigenvalue weighted by atomic mass is 9.94. The van der Waals surface area contributed by atoms with Gasteiger partial charge in [0.25, 0.3) is 0 Å². The van der Waals surface area contributed by atoms with Gasteiger partial charge in [0.05, 0.1) is 28.5 Å². The zero-order valence-corrected chi connectivity index (χ0v) is 23.9. The van der Waals surface area contributed by atoms with Crippen molar-refractivity contribution in [2.75, 3.05) is 24.2 Å². The molecule has 2 aliphatic carbocycles. The molecule has 1 aromatic carbocycles. The van der Waals surface area contributed by atoms with Crippen molar-refractivity contribution in [2.24, 2.45) is 0 Å². The molecule has 3 heterocycles. The smallest absolute Gasteiger partial charge is 0.238 e. The molecule has 0 unspecified atom stereocenters. The molecule has 1 saturated carbocycles. The average Bonchev–Trinajstić information content (AvgIpc) is 3.54. The SMILES string of the molecule is CC(=O)Nc1nc2c(s1)-c1c(c(-c3cccnc3)nn1-c1ccc(NC(=O)CN(C)C3CCCCC3)cc1F)CC2. The molecule has 0 saturated heterocycles. The normalized spacial score (nSPS) is 14.9. The molecular weight excluding hydrogens is 541 g/mol. The van der Waals surface area contributed by atoms with Crippen molar-refractivity contribution >= 4 is 34.0 Å². The maximum Gasteiger partial charge on any atom is 0.238 e. The van der Waals surface area contributed by atoms with Gasteiger partial charge in [-0.15, -0.1) is 0 Å². The first-order valence-corrected chi connectivity index (χ1v) is 14.8. The number of hydrogen-bond donors (Lipinski definition) is 2. The van der Waals surface area contributed by atoms with E-state index in [-0.39, 0.29) is 24.0 Å². The van der Waals surface area contributed by atoms with Crippen LogP contribution in [0.5, 0.6) is 0 Å². The molecule has 0 bridgehead atoms. The number of nitrogens with one attached hydrogen (secondary N) is 2. The van der Waals surface area contributed by atoms with Gasteiger partial charge in [-0.05, 0) is 63.1 Å². The maximum atomic E-state index is 15.8. The summed E-state index contributed by atoms with van der Waals surface area (Å²) in [5, 5.41) is 11.0. The Labute approximate surface area is 241 Å². The lowest BCUT2D eigenvalue weighted by Gasteiger charge is -2.30. The highest BCUT2D eigenvalue weighted by molar-refractivity contribution is 7.19. The van der Waals surface area contributed by atoms with Gasteiger partial charge in [0.1, 0.15) is 5.69 Å². The first kappa shape index (κ1) is 27.2. The summed E-state index contributed by atoms with van der Waals surface area (Å²) in [5.74, 6) is -0.875. The average molecular weight is 574 g/mol. The zero-order valence-electron chi connectivity index (χ0n) is 23.1. The minimum atomic E-state index is -0.509. The van der Waals surface area contributed by atoms with E-state index in [2.05, 4.69) is 25.5 Å². The molecule has 212 valence electrons. The Morgan fingerprint density at radius 2 is 1.98 bits per heavy atom. The van der Waals surface area contributed by atoms with Crippen molar-refractivity contribution < 1.29 is 14.0 Å². The second-order valence-corrected chi connectivity index (χ2v) is 11.7. The number of thiazole rings is 1. The topological polar surface area (TPSA) is 105 Å². The van der Waals surface area contributed by atoms with Crippen molar-refractivity contribution in [1.82, 2.24) is 24.6 Å². The van der Waals surface area contributed by atoms with E-state index in [0.717, 1.165) is 45.9 Å². The summed E-state index contributed by atoms with van der Waals surface area (Å²) in [7, 11) is 1.98. The van der Waals surface area contributed by atoms with Gasteiger partial charge < -0.3 is 10.6 Å². The number of pyridine rings is 1. The lowest BCUT2D eigenvalue weighted by molar-refractivity contribution is -0.117. The summed E-state index contributed by atoms with van der Waals surface area (Å²) in [4.78, 5) is 36.3. The number of halogens is 1. The molecule has 9 nitrogen and oxygen atoms in total. The summed E-state index contributed by atoms with van der Waals surface area (Å²) in [6.45, 7) is 1.71. The van der Waals surface area contributed by atoms with E-state index >= 15 is 4.39 Å². The van der Waals surface area contributed by atoms with Crippen LogP contribution in [0.3, 0.4) is 0 Å². The Morgan fingerprint density at radius 3 is 2.71 bits per heavy atom. The van der Waals surface area contributed by atoms with Crippen molar-refractivity contribution in [3.05, 3.63) is 59.8 Å². The van der Waals surface area contributed by atoms with E-state index < -0.39 is 5.82 Å². The highest BCUT2D eigenvalue weighted by Crippen LogP contribution is 2.44. The third-order valence-electron chi connectivity index (χ3n) is 7.78. The highest BCUT2D eigenvalue weighted by atomic mass is 32.1. The summed E-state index contributed by atoms with van der Waals surface area (Å²) in [5.41, 5.74) is 4.80. The first-order chi connectivity index (χ1) is 19.9. The van der Waals surface area contributed by atoms with Gasteiger partial charge in [0.2, 0.25) is 11.8 Å². The van der Waals surface area contributed by atoms with Crippen molar-refractivity contribution in [3.8, 4) is 27.5 Å².